The highest BCUT2D eigenvalue weighted by Gasteiger charge is 2.18. The summed E-state index contributed by atoms with van der Waals surface area (Å²) in [6, 6.07) is 13.9. The van der Waals surface area contributed by atoms with Crippen LogP contribution in [0.15, 0.2) is 58.9 Å². The molecule has 3 rings (SSSR count). The average Bonchev–Trinajstić information content (AvgIpc) is 3.19. The van der Waals surface area contributed by atoms with Crippen LogP contribution in [-0.4, -0.2) is 34.5 Å². The summed E-state index contributed by atoms with van der Waals surface area (Å²) >= 11 is 7.19. The number of carboxylic acid groups (broad SMARTS) is 1. The molecule has 10 heteroatoms. The standard InChI is InChI=1S/C21H20ClN5O3S/c22-16-6-4-12(5-7-16)15(9-18(28)29)10-25-19(30)14-3-1-2-13(8-14)17-11-31-21(26-17)27-20(23)24/h1-8,11,15H,9-10H2,(H,25,30)(H,28,29)(H4,23,24,26,27). The fraction of sp³-hybridized carbons (Fsp3) is 0.143. The number of nitrogens with two attached hydrogens (primary N) is 2. The Labute approximate surface area is 187 Å². The normalized spacial score (nSPS) is 11.5. The molecule has 0 fully saturated rings. The number of rotatable bonds is 8. The van der Waals surface area contributed by atoms with Gasteiger partial charge in [-0.3, -0.25) is 9.59 Å². The Balaban J connectivity index is 1.72. The first-order valence-electron chi connectivity index (χ1n) is 9.23. The summed E-state index contributed by atoms with van der Waals surface area (Å²) in [5.74, 6) is -1.73. The van der Waals surface area contributed by atoms with Gasteiger partial charge in [-0.25, -0.2) is 4.98 Å². The molecule has 0 spiro atoms. The third kappa shape index (κ3) is 6.27. The van der Waals surface area contributed by atoms with E-state index in [1.165, 1.54) is 11.3 Å². The van der Waals surface area contributed by atoms with Crippen LogP contribution in [0.2, 0.25) is 5.02 Å². The van der Waals surface area contributed by atoms with Crippen molar-refractivity contribution in [3.05, 3.63) is 70.1 Å². The Morgan fingerprint density at radius 3 is 2.61 bits per heavy atom. The molecule has 0 bridgehead atoms. The zero-order chi connectivity index (χ0) is 22.4. The molecule has 0 aliphatic carbocycles. The number of aromatic nitrogens is 1. The maximum Gasteiger partial charge on any atom is 0.304 e. The molecule has 0 aliphatic heterocycles. The number of hydrogen-bond acceptors (Lipinski definition) is 5. The van der Waals surface area contributed by atoms with Crippen LogP contribution in [0.3, 0.4) is 0 Å². The van der Waals surface area contributed by atoms with Gasteiger partial charge in [0.05, 0.1) is 12.1 Å². The van der Waals surface area contributed by atoms with Crippen LogP contribution < -0.4 is 16.8 Å². The fourth-order valence-electron chi connectivity index (χ4n) is 2.95. The largest absolute Gasteiger partial charge is 0.481 e. The number of thiazole rings is 1. The number of halogens is 1. The Kier molecular flexibility index (Phi) is 7.22. The number of carbonyl (C=O) groups is 2. The van der Waals surface area contributed by atoms with E-state index in [0.717, 1.165) is 11.1 Å². The molecule has 2 aromatic carbocycles. The van der Waals surface area contributed by atoms with E-state index in [-0.39, 0.29) is 30.8 Å². The van der Waals surface area contributed by atoms with Gasteiger partial charge >= 0.3 is 5.97 Å². The fourth-order valence-corrected chi connectivity index (χ4v) is 3.79. The lowest BCUT2D eigenvalue weighted by atomic mass is 9.95. The minimum Gasteiger partial charge on any atom is -0.481 e. The quantitative estimate of drug-likeness (QED) is 0.301. The highest BCUT2D eigenvalue weighted by molar-refractivity contribution is 7.13. The van der Waals surface area contributed by atoms with Crippen LogP contribution in [0.1, 0.15) is 28.3 Å². The lowest BCUT2D eigenvalue weighted by Gasteiger charge is -2.16. The highest BCUT2D eigenvalue weighted by Crippen LogP contribution is 2.27. The lowest BCUT2D eigenvalue weighted by Crippen LogP contribution is -2.29. The zero-order valence-corrected chi connectivity index (χ0v) is 17.9. The number of carboxylic acids is 1. The van der Waals surface area contributed by atoms with Gasteiger partial charge in [-0.1, -0.05) is 35.9 Å². The molecule has 6 N–H and O–H groups in total. The number of guanidine groups is 1. The van der Waals surface area contributed by atoms with E-state index in [2.05, 4.69) is 15.3 Å². The smallest absolute Gasteiger partial charge is 0.304 e. The molecule has 3 aromatic rings. The predicted molar refractivity (Wildman–Crippen MR) is 122 cm³/mol. The molecule has 31 heavy (non-hydrogen) atoms. The van der Waals surface area contributed by atoms with Crippen LogP contribution >= 0.6 is 22.9 Å². The Hall–Kier alpha value is -3.43. The first-order valence-corrected chi connectivity index (χ1v) is 10.5. The van der Waals surface area contributed by atoms with E-state index < -0.39 is 5.97 Å². The number of nitrogens with one attached hydrogen (secondary N) is 1. The molecule has 1 heterocycles. The van der Waals surface area contributed by atoms with Gasteiger partial charge < -0.3 is 21.9 Å². The zero-order valence-electron chi connectivity index (χ0n) is 16.3. The van der Waals surface area contributed by atoms with Crippen molar-refractivity contribution < 1.29 is 14.7 Å². The number of aliphatic carboxylic acids is 1. The summed E-state index contributed by atoms with van der Waals surface area (Å²) in [5.41, 5.74) is 13.3. The van der Waals surface area contributed by atoms with Crippen molar-refractivity contribution in [3.63, 3.8) is 0 Å². The number of nitrogens with zero attached hydrogens (tertiary/aromatic N) is 2. The van der Waals surface area contributed by atoms with Crippen LogP contribution in [0.4, 0.5) is 5.13 Å². The number of aliphatic imine (C=N–C) groups is 1. The second-order valence-electron chi connectivity index (χ2n) is 6.69. The van der Waals surface area contributed by atoms with Crippen LogP contribution in [0.5, 0.6) is 0 Å². The van der Waals surface area contributed by atoms with Gasteiger partial charge in [0.1, 0.15) is 0 Å². The van der Waals surface area contributed by atoms with Crippen LogP contribution in [0.25, 0.3) is 11.3 Å². The van der Waals surface area contributed by atoms with Crippen LogP contribution in [0, 0.1) is 0 Å². The molecule has 8 nitrogen and oxygen atoms in total. The van der Waals surface area contributed by atoms with Crippen molar-refractivity contribution in [2.24, 2.45) is 16.5 Å². The Morgan fingerprint density at radius 1 is 1.19 bits per heavy atom. The lowest BCUT2D eigenvalue weighted by molar-refractivity contribution is -0.137. The van der Waals surface area contributed by atoms with Gasteiger partial charge in [0.25, 0.3) is 5.91 Å². The van der Waals surface area contributed by atoms with Crippen molar-refractivity contribution in [3.8, 4) is 11.3 Å². The molecular weight excluding hydrogens is 438 g/mol. The Bertz CT molecular complexity index is 1110. The van der Waals surface area contributed by atoms with Crippen molar-refractivity contribution in [1.82, 2.24) is 10.3 Å². The predicted octanol–water partition coefficient (Wildman–Crippen LogP) is 3.36. The minimum absolute atomic E-state index is 0.0781. The summed E-state index contributed by atoms with van der Waals surface area (Å²) in [6.45, 7) is 0.169. The topological polar surface area (TPSA) is 144 Å². The molecule has 0 aliphatic rings. The number of carbonyl (C=O) groups excluding carboxylic acids is 1. The molecule has 160 valence electrons. The van der Waals surface area contributed by atoms with E-state index in [4.69, 9.17) is 23.1 Å². The molecular formula is C21H20ClN5O3S. The number of hydrogen-bond donors (Lipinski definition) is 4. The second kappa shape index (κ2) is 10.1. The summed E-state index contributed by atoms with van der Waals surface area (Å²) in [4.78, 5) is 32.2. The minimum atomic E-state index is -0.948. The number of amides is 1. The number of benzene rings is 2. The van der Waals surface area contributed by atoms with Gasteiger partial charge in [0.2, 0.25) is 5.13 Å². The second-order valence-corrected chi connectivity index (χ2v) is 7.96. The molecule has 1 aromatic heterocycles. The van der Waals surface area contributed by atoms with Crippen molar-refractivity contribution in [2.75, 3.05) is 6.54 Å². The molecule has 1 amide bonds. The van der Waals surface area contributed by atoms with Crippen molar-refractivity contribution in [2.45, 2.75) is 12.3 Å². The van der Waals surface area contributed by atoms with Gasteiger partial charge in [0, 0.05) is 34.0 Å². The Morgan fingerprint density at radius 2 is 1.94 bits per heavy atom. The summed E-state index contributed by atoms with van der Waals surface area (Å²) < 4.78 is 0. The van der Waals surface area contributed by atoms with E-state index >= 15 is 0 Å². The maximum absolute atomic E-state index is 12.7. The van der Waals surface area contributed by atoms with Crippen molar-refractivity contribution in [1.29, 1.82) is 0 Å². The van der Waals surface area contributed by atoms with E-state index in [1.807, 2.05) is 6.07 Å². The van der Waals surface area contributed by atoms with E-state index in [1.54, 1.807) is 47.8 Å². The summed E-state index contributed by atoms with van der Waals surface area (Å²) in [5, 5.41) is 14.8. The molecule has 1 unspecified atom stereocenters. The van der Waals surface area contributed by atoms with E-state index in [0.29, 0.717) is 21.4 Å². The molecule has 0 saturated carbocycles. The third-order valence-corrected chi connectivity index (χ3v) is 5.40. The summed E-state index contributed by atoms with van der Waals surface area (Å²) in [7, 11) is 0. The average molecular weight is 458 g/mol. The first-order chi connectivity index (χ1) is 14.8. The SMILES string of the molecule is NC(N)=Nc1nc(-c2cccc(C(=O)NCC(CC(=O)O)c3ccc(Cl)cc3)c2)cs1. The van der Waals surface area contributed by atoms with Crippen molar-refractivity contribution >= 4 is 45.9 Å². The first kappa shape index (κ1) is 22.3. The summed E-state index contributed by atoms with van der Waals surface area (Å²) in [6.07, 6.45) is -0.117. The molecule has 1 atom stereocenters. The molecule has 0 saturated heterocycles. The molecule has 0 radical (unpaired) electrons. The van der Waals surface area contributed by atoms with Gasteiger partial charge in [-0.15, -0.1) is 11.3 Å². The van der Waals surface area contributed by atoms with Crippen LogP contribution in [-0.2, 0) is 4.79 Å². The third-order valence-electron chi connectivity index (χ3n) is 4.41. The van der Waals surface area contributed by atoms with Gasteiger partial charge in [-0.2, -0.15) is 4.99 Å². The maximum atomic E-state index is 12.7. The monoisotopic (exact) mass is 457 g/mol. The van der Waals surface area contributed by atoms with Gasteiger partial charge in [-0.05, 0) is 29.8 Å². The van der Waals surface area contributed by atoms with E-state index in [9.17, 15) is 14.7 Å². The van der Waals surface area contributed by atoms with Gasteiger partial charge in [0.15, 0.2) is 5.96 Å². The highest BCUT2D eigenvalue weighted by atomic mass is 35.5.